The van der Waals surface area contributed by atoms with Gasteiger partial charge >= 0.3 is 0 Å². The molecule has 8 heavy (non-hydrogen) atoms. The lowest BCUT2D eigenvalue weighted by Gasteiger charge is -1.89. The number of rotatable bonds is 2. The molecule has 0 aromatic carbocycles. The third-order valence-electron chi connectivity index (χ3n) is 0.347. The van der Waals surface area contributed by atoms with Gasteiger partial charge in [-0.15, -0.1) is 0 Å². The lowest BCUT2D eigenvalue weighted by molar-refractivity contribution is 0.551. The third-order valence-corrected chi connectivity index (χ3v) is 0.595. The van der Waals surface area contributed by atoms with E-state index in [4.69, 9.17) is 4.55 Å². The van der Waals surface area contributed by atoms with Crippen molar-refractivity contribution >= 4 is 17.0 Å². The molecule has 0 spiro atoms. The molecule has 0 aliphatic rings. The normalized spacial score (nSPS) is 12.4. The fourth-order valence-corrected chi connectivity index (χ4v) is 0.391. The van der Waals surface area contributed by atoms with E-state index < -0.39 is 11.3 Å². The lowest BCUT2D eigenvalue weighted by atomic mass is 10.5. The Bertz CT molecular complexity index is 118. The monoisotopic (exact) mass is 136 g/mol. The minimum absolute atomic E-state index is 0.715. The Morgan fingerprint density at radius 1 is 1.75 bits per heavy atom. The molecule has 48 valence electrons. The van der Waals surface area contributed by atoms with E-state index in [1.807, 2.05) is 4.83 Å². The number of hydrogen-bond acceptors (Lipinski definition) is 2. The molecule has 0 radical (unpaired) electrons. The Morgan fingerprint density at radius 2 is 2.25 bits per heavy atom. The van der Waals surface area contributed by atoms with Gasteiger partial charge in [0.1, 0.15) is 0 Å². The van der Waals surface area contributed by atoms with Crippen LogP contribution in [-0.2, 0) is 11.3 Å². The predicted octanol–water partition coefficient (Wildman–Crippen LogP) is 0.109. The molecule has 0 saturated carbocycles. The second-order valence-corrected chi connectivity index (χ2v) is 2.08. The van der Waals surface area contributed by atoms with Crippen LogP contribution in [0, 0.1) is 0 Å². The molecule has 0 bridgehead atoms. The molecule has 2 N–H and O–H groups in total. The van der Waals surface area contributed by atoms with Crippen LogP contribution in [-0.4, -0.2) is 14.5 Å². The standard InChI is InChI=1S/C3H8N2O2S/c1-3(2)4-5-8(6)7/h5H,1-2H3,(H,6,7). The molecule has 0 fully saturated rings. The van der Waals surface area contributed by atoms with Crippen LogP contribution in [0.5, 0.6) is 0 Å². The molecule has 5 heteroatoms. The SMILES string of the molecule is CC(C)=NNS(=O)O. The quantitative estimate of drug-likeness (QED) is 0.321. The van der Waals surface area contributed by atoms with Crippen LogP contribution in [0.2, 0.25) is 0 Å². The van der Waals surface area contributed by atoms with E-state index in [0.29, 0.717) is 5.71 Å². The van der Waals surface area contributed by atoms with Crippen molar-refractivity contribution in [1.82, 2.24) is 4.83 Å². The second kappa shape index (κ2) is 3.57. The maximum absolute atomic E-state index is 9.80. The van der Waals surface area contributed by atoms with Gasteiger partial charge in [-0.25, -0.2) is 9.04 Å². The molecule has 0 aromatic rings. The van der Waals surface area contributed by atoms with Gasteiger partial charge in [0.25, 0.3) is 11.3 Å². The molecule has 0 aliphatic heterocycles. The lowest BCUT2D eigenvalue weighted by Crippen LogP contribution is -2.09. The molecule has 4 nitrogen and oxygen atoms in total. The highest BCUT2D eigenvalue weighted by atomic mass is 32.2. The van der Waals surface area contributed by atoms with Gasteiger partial charge in [0, 0.05) is 5.71 Å². The third kappa shape index (κ3) is 5.58. The van der Waals surface area contributed by atoms with Crippen molar-refractivity contribution in [2.24, 2.45) is 5.10 Å². The van der Waals surface area contributed by atoms with Crippen molar-refractivity contribution in [3.8, 4) is 0 Å². The van der Waals surface area contributed by atoms with Gasteiger partial charge in [0.2, 0.25) is 0 Å². The molecular weight excluding hydrogens is 128 g/mol. The van der Waals surface area contributed by atoms with E-state index in [1.54, 1.807) is 13.8 Å². The summed E-state index contributed by atoms with van der Waals surface area (Å²) >= 11 is -2.02. The predicted molar refractivity (Wildman–Crippen MR) is 32.7 cm³/mol. The Hall–Kier alpha value is -0.420. The van der Waals surface area contributed by atoms with Crippen molar-refractivity contribution in [3.05, 3.63) is 0 Å². The van der Waals surface area contributed by atoms with E-state index >= 15 is 0 Å². The first-order valence-corrected chi connectivity index (χ1v) is 3.11. The minimum atomic E-state index is -2.02. The van der Waals surface area contributed by atoms with Crippen molar-refractivity contribution in [1.29, 1.82) is 0 Å². The van der Waals surface area contributed by atoms with Gasteiger partial charge in [-0.2, -0.15) is 5.10 Å². The van der Waals surface area contributed by atoms with Crippen LogP contribution in [0.25, 0.3) is 0 Å². The molecule has 1 unspecified atom stereocenters. The van der Waals surface area contributed by atoms with Crippen LogP contribution < -0.4 is 4.83 Å². The Morgan fingerprint density at radius 3 is 2.38 bits per heavy atom. The van der Waals surface area contributed by atoms with Gasteiger partial charge < -0.3 is 0 Å². The van der Waals surface area contributed by atoms with Crippen LogP contribution in [0.1, 0.15) is 13.8 Å². The van der Waals surface area contributed by atoms with Gasteiger partial charge in [-0.3, -0.25) is 4.55 Å². The van der Waals surface area contributed by atoms with Gasteiger partial charge in [-0.05, 0) is 13.8 Å². The first kappa shape index (κ1) is 7.58. The van der Waals surface area contributed by atoms with E-state index in [2.05, 4.69) is 5.10 Å². The van der Waals surface area contributed by atoms with Gasteiger partial charge in [0.05, 0.1) is 0 Å². The highest BCUT2D eigenvalue weighted by Crippen LogP contribution is 1.69. The maximum atomic E-state index is 9.80. The minimum Gasteiger partial charge on any atom is -0.288 e. The fourth-order valence-electron chi connectivity index (χ4n) is 0.130. The molecule has 1 atom stereocenters. The molecular formula is C3H8N2O2S. The summed E-state index contributed by atoms with van der Waals surface area (Å²) in [6.45, 7) is 3.44. The molecule has 0 saturated heterocycles. The Balaban J connectivity index is 3.45. The fraction of sp³-hybridized carbons (Fsp3) is 0.667. The number of nitrogens with one attached hydrogen (secondary N) is 1. The van der Waals surface area contributed by atoms with Crippen LogP contribution in [0.3, 0.4) is 0 Å². The van der Waals surface area contributed by atoms with Gasteiger partial charge in [-0.1, -0.05) is 0 Å². The van der Waals surface area contributed by atoms with Crippen LogP contribution >= 0.6 is 0 Å². The molecule has 0 heterocycles. The summed E-state index contributed by atoms with van der Waals surface area (Å²) in [4.78, 5) is 1.96. The van der Waals surface area contributed by atoms with Crippen molar-refractivity contribution in [3.63, 3.8) is 0 Å². The average Bonchev–Trinajstić information content (AvgIpc) is 1.61. The Kier molecular flexibility index (Phi) is 3.38. The molecule has 0 rings (SSSR count). The van der Waals surface area contributed by atoms with E-state index in [0.717, 1.165) is 0 Å². The summed E-state index contributed by atoms with van der Waals surface area (Å²) in [7, 11) is 0. The first-order chi connectivity index (χ1) is 3.63. The zero-order valence-electron chi connectivity index (χ0n) is 4.71. The van der Waals surface area contributed by atoms with E-state index in [1.165, 1.54) is 0 Å². The molecule has 0 aromatic heterocycles. The number of hydrogen-bond donors (Lipinski definition) is 2. The summed E-state index contributed by atoms with van der Waals surface area (Å²) in [6, 6.07) is 0. The largest absolute Gasteiger partial charge is 0.288 e. The van der Waals surface area contributed by atoms with Crippen LogP contribution in [0.15, 0.2) is 5.10 Å². The average molecular weight is 136 g/mol. The highest BCUT2D eigenvalue weighted by Gasteiger charge is 1.82. The first-order valence-electron chi connectivity index (χ1n) is 2.00. The molecule has 0 amide bonds. The zero-order valence-corrected chi connectivity index (χ0v) is 5.53. The summed E-state index contributed by atoms with van der Waals surface area (Å²) < 4.78 is 17.9. The highest BCUT2D eigenvalue weighted by molar-refractivity contribution is 7.77. The summed E-state index contributed by atoms with van der Waals surface area (Å²) in [6.07, 6.45) is 0. The Labute approximate surface area is 50.4 Å². The zero-order chi connectivity index (χ0) is 6.57. The molecule has 0 aliphatic carbocycles. The van der Waals surface area contributed by atoms with Crippen molar-refractivity contribution < 1.29 is 8.76 Å². The van der Waals surface area contributed by atoms with E-state index in [9.17, 15) is 4.21 Å². The van der Waals surface area contributed by atoms with Crippen molar-refractivity contribution in [2.75, 3.05) is 0 Å². The van der Waals surface area contributed by atoms with Crippen molar-refractivity contribution in [2.45, 2.75) is 13.8 Å². The summed E-state index contributed by atoms with van der Waals surface area (Å²) in [5.74, 6) is 0. The maximum Gasteiger partial charge on any atom is 0.275 e. The summed E-state index contributed by atoms with van der Waals surface area (Å²) in [5, 5.41) is 3.44. The second-order valence-electron chi connectivity index (χ2n) is 1.40. The topological polar surface area (TPSA) is 61.7 Å². The van der Waals surface area contributed by atoms with Gasteiger partial charge in [0.15, 0.2) is 0 Å². The number of nitrogens with zero attached hydrogens (tertiary/aromatic N) is 1. The summed E-state index contributed by atoms with van der Waals surface area (Å²) in [5.41, 5.74) is 0.715. The number of hydrazone groups is 1. The smallest absolute Gasteiger partial charge is 0.275 e. The van der Waals surface area contributed by atoms with E-state index in [-0.39, 0.29) is 0 Å². The van der Waals surface area contributed by atoms with Crippen LogP contribution in [0.4, 0.5) is 0 Å².